The van der Waals surface area contributed by atoms with Crippen LogP contribution in [0.15, 0.2) is 10.5 Å². The molecule has 1 unspecified atom stereocenters. The Labute approximate surface area is 107 Å². The van der Waals surface area contributed by atoms with E-state index in [1.807, 2.05) is 0 Å². The standard InChI is InChI=1S/C11H13BrO5/c1-5-4-6(12)9(16-2)10(17-3)7(5)8(13)11(14)15/h4,8,13H,1-3H3,(H,14,15). The number of rotatable bonds is 4. The number of aliphatic hydroxyl groups is 1. The molecule has 0 amide bonds. The largest absolute Gasteiger partial charge is 0.492 e. The third-order valence-electron chi connectivity index (χ3n) is 2.35. The van der Waals surface area contributed by atoms with Crippen molar-refractivity contribution >= 4 is 21.9 Å². The number of aliphatic hydroxyl groups excluding tert-OH is 1. The van der Waals surface area contributed by atoms with Crippen LogP contribution in [0.2, 0.25) is 0 Å². The van der Waals surface area contributed by atoms with Crippen LogP contribution < -0.4 is 9.47 Å². The summed E-state index contributed by atoms with van der Waals surface area (Å²) in [5.41, 5.74) is 0.796. The Morgan fingerprint density at radius 1 is 1.35 bits per heavy atom. The van der Waals surface area contributed by atoms with Crippen LogP contribution >= 0.6 is 15.9 Å². The molecule has 0 spiro atoms. The van der Waals surface area contributed by atoms with Crippen LogP contribution in [0.5, 0.6) is 11.5 Å². The second kappa shape index (κ2) is 5.37. The van der Waals surface area contributed by atoms with E-state index < -0.39 is 12.1 Å². The van der Waals surface area contributed by atoms with Gasteiger partial charge in [-0.25, -0.2) is 4.79 Å². The number of halogens is 1. The molecule has 0 saturated heterocycles. The lowest BCUT2D eigenvalue weighted by molar-refractivity contribution is -0.147. The summed E-state index contributed by atoms with van der Waals surface area (Å²) in [5.74, 6) is -0.765. The van der Waals surface area contributed by atoms with Crippen LogP contribution in [0.1, 0.15) is 17.2 Å². The van der Waals surface area contributed by atoms with Crippen molar-refractivity contribution in [2.45, 2.75) is 13.0 Å². The van der Waals surface area contributed by atoms with Crippen molar-refractivity contribution in [2.75, 3.05) is 14.2 Å². The Balaban J connectivity index is 3.52. The number of ether oxygens (including phenoxy) is 2. The van der Waals surface area contributed by atoms with E-state index >= 15 is 0 Å². The Kier molecular flexibility index (Phi) is 4.36. The first-order valence-corrected chi connectivity index (χ1v) is 5.55. The second-order valence-corrected chi connectivity index (χ2v) is 4.25. The summed E-state index contributed by atoms with van der Waals surface area (Å²) in [4.78, 5) is 10.8. The molecule has 6 heteroatoms. The number of methoxy groups -OCH3 is 2. The van der Waals surface area contributed by atoms with Crippen molar-refractivity contribution in [1.82, 2.24) is 0 Å². The fourth-order valence-corrected chi connectivity index (χ4v) is 2.28. The smallest absolute Gasteiger partial charge is 0.337 e. The molecular weight excluding hydrogens is 292 g/mol. The van der Waals surface area contributed by atoms with Gasteiger partial charge in [0.2, 0.25) is 0 Å². The number of hydrogen-bond donors (Lipinski definition) is 2. The maximum Gasteiger partial charge on any atom is 0.337 e. The van der Waals surface area contributed by atoms with Gasteiger partial charge in [0.1, 0.15) is 0 Å². The van der Waals surface area contributed by atoms with E-state index in [0.717, 1.165) is 0 Å². The maximum absolute atomic E-state index is 10.8. The number of aliphatic carboxylic acids is 1. The summed E-state index contributed by atoms with van der Waals surface area (Å²) in [6.45, 7) is 1.69. The van der Waals surface area contributed by atoms with Gasteiger partial charge in [-0.2, -0.15) is 0 Å². The molecule has 0 radical (unpaired) electrons. The summed E-state index contributed by atoms with van der Waals surface area (Å²) in [5, 5.41) is 18.5. The van der Waals surface area contributed by atoms with Crippen LogP contribution in [-0.2, 0) is 4.79 Å². The van der Waals surface area contributed by atoms with Crippen molar-refractivity contribution in [1.29, 1.82) is 0 Å². The van der Waals surface area contributed by atoms with Crippen molar-refractivity contribution < 1.29 is 24.5 Å². The molecule has 0 heterocycles. The minimum atomic E-state index is -1.65. The van der Waals surface area contributed by atoms with Gasteiger partial charge < -0.3 is 19.7 Å². The zero-order valence-corrected chi connectivity index (χ0v) is 11.2. The molecule has 1 rings (SSSR count). The number of benzene rings is 1. The zero-order chi connectivity index (χ0) is 13.2. The highest BCUT2D eigenvalue weighted by atomic mass is 79.9. The monoisotopic (exact) mass is 304 g/mol. The van der Waals surface area contributed by atoms with Gasteiger partial charge in [-0.15, -0.1) is 0 Å². The highest BCUT2D eigenvalue weighted by molar-refractivity contribution is 9.10. The summed E-state index contributed by atoms with van der Waals surface area (Å²) in [7, 11) is 2.83. The fraction of sp³-hybridized carbons (Fsp3) is 0.364. The van der Waals surface area contributed by atoms with E-state index in [2.05, 4.69) is 15.9 Å². The summed E-state index contributed by atoms with van der Waals surface area (Å²) < 4.78 is 10.9. The molecule has 0 fully saturated rings. The van der Waals surface area contributed by atoms with Gasteiger partial charge in [-0.05, 0) is 34.5 Å². The fourth-order valence-electron chi connectivity index (χ4n) is 1.60. The third kappa shape index (κ3) is 2.53. The van der Waals surface area contributed by atoms with Gasteiger partial charge in [0.25, 0.3) is 0 Å². The minimum absolute atomic E-state index is 0.194. The average Bonchev–Trinajstić information content (AvgIpc) is 2.27. The maximum atomic E-state index is 10.8. The highest BCUT2D eigenvalue weighted by Gasteiger charge is 2.26. The molecule has 1 atom stereocenters. The van der Waals surface area contributed by atoms with Gasteiger partial charge in [-0.3, -0.25) is 0 Å². The highest BCUT2D eigenvalue weighted by Crippen LogP contribution is 2.42. The Hall–Kier alpha value is -1.27. The van der Waals surface area contributed by atoms with Gasteiger partial charge in [0.05, 0.1) is 18.7 Å². The number of hydrogen-bond acceptors (Lipinski definition) is 4. The quantitative estimate of drug-likeness (QED) is 0.888. The Morgan fingerprint density at radius 3 is 2.29 bits per heavy atom. The average molecular weight is 305 g/mol. The first-order valence-electron chi connectivity index (χ1n) is 4.75. The van der Waals surface area contributed by atoms with Crippen molar-refractivity contribution in [3.8, 4) is 11.5 Å². The zero-order valence-electron chi connectivity index (χ0n) is 9.65. The SMILES string of the molecule is COc1c(Br)cc(C)c(C(O)C(=O)O)c1OC. The lowest BCUT2D eigenvalue weighted by Gasteiger charge is -2.18. The molecule has 0 aliphatic carbocycles. The van der Waals surface area contributed by atoms with E-state index in [1.165, 1.54) is 14.2 Å². The molecule has 0 aromatic heterocycles. The predicted molar refractivity (Wildman–Crippen MR) is 64.6 cm³/mol. The van der Waals surface area contributed by atoms with E-state index in [-0.39, 0.29) is 11.3 Å². The molecule has 94 valence electrons. The van der Waals surface area contributed by atoms with Gasteiger partial charge in [-0.1, -0.05) is 0 Å². The number of aryl methyl sites for hydroxylation is 1. The minimum Gasteiger partial charge on any atom is -0.492 e. The van der Waals surface area contributed by atoms with Crippen LogP contribution in [-0.4, -0.2) is 30.4 Å². The van der Waals surface area contributed by atoms with Crippen LogP contribution in [0.4, 0.5) is 0 Å². The Bertz CT molecular complexity index is 444. The topological polar surface area (TPSA) is 76.0 Å². The molecule has 0 aliphatic heterocycles. The van der Waals surface area contributed by atoms with Gasteiger partial charge >= 0.3 is 5.97 Å². The second-order valence-electron chi connectivity index (χ2n) is 3.40. The first kappa shape index (κ1) is 13.8. The lowest BCUT2D eigenvalue weighted by atomic mass is 10.0. The predicted octanol–water partition coefficient (Wildman–Crippen LogP) is 1.89. The van der Waals surface area contributed by atoms with Gasteiger partial charge in [0.15, 0.2) is 17.6 Å². The molecular formula is C11H13BrO5. The molecule has 1 aromatic rings. The van der Waals surface area contributed by atoms with E-state index in [1.54, 1.807) is 13.0 Å². The van der Waals surface area contributed by atoms with Crippen molar-refractivity contribution in [2.24, 2.45) is 0 Å². The molecule has 0 saturated carbocycles. The van der Waals surface area contributed by atoms with E-state index in [0.29, 0.717) is 15.8 Å². The first-order chi connectivity index (χ1) is 7.93. The van der Waals surface area contributed by atoms with E-state index in [4.69, 9.17) is 14.6 Å². The summed E-state index contributed by atoms with van der Waals surface area (Å²) >= 11 is 3.29. The summed E-state index contributed by atoms with van der Waals surface area (Å²) in [6, 6.07) is 1.67. The summed E-state index contributed by atoms with van der Waals surface area (Å²) in [6.07, 6.45) is -1.65. The third-order valence-corrected chi connectivity index (χ3v) is 2.94. The molecule has 0 bridgehead atoms. The van der Waals surface area contributed by atoms with Crippen LogP contribution in [0, 0.1) is 6.92 Å². The molecule has 1 aromatic carbocycles. The lowest BCUT2D eigenvalue weighted by Crippen LogP contribution is -2.14. The normalized spacial score (nSPS) is 12.1. The number of carboxylic acids is 1. The van der Waals surface area contributed by atoms with E-state index in [9.17, 15) is 9.90 Å². The molecule has 0 aliphatic rings. The van der Waals surface area contributed by atoms with Crippen molar-refractivity contribution in [3.05, 3.63) is 21.7 Å². The van der Waals surface area contributed by atoms with Crippen molar-refractivity contribution in [3.63, 3.8) is 0 Å². The van der Waals surface area contributed by atoms with Crippen LogP contribution in [0.25, 0.3) is 0 Å². The Morgan fingerprint density at radius 2 is 1.88 bits per heavy atom. The molecule has 5 nitrogen and oxygen atoms in total. The molecule has 2 N–H and O–H groups in total. The number of carbonyl (C=O) groups is 1. The van der Waals surface area contributed by atoms with Gasteiger partial charge in [0, 0.05) is 5.56 Å². The molecule has 17 heavy (non-hydrogen) atoms. The number of carboxylic acid groups (broad SMARTS) is 1. The van der Waals surface area contributed by atoms with Crippen LogP contribution in [0.3, 0.4) is 0 Å².